The number of benzene rings is 1. The average molecular weight is 578 g/mol. The Morgan fingerprint density at radius 1 is 1.18 bits per heavy atom. The zero-order valence-corrected chi connectivity index (χ0v) is 20.9. The minimum absolute atomic E-state index is 0.0576. The molecule has 1 aromatic carbocycles. The maximum absolute atomic E-state index is 15.3. The molecule has 5 rings (SSSR count). The summed E-state index contributed by atoms with van der Waals surface area (Å²) >= 11 is 6.02. The van der Waals surface area contributed by atoms with Gasteiger partial charge in [0.1, 0.15) is 18.1 Å². The van der Waals surface area contributed by atoms with E-state index in [-0.39, 0.29) is 51.7 Å². The molecule has 0 aliphatic carbocycles. The fourth-order valence-electron chi connectivity index (χ4n) is 4.18. The molecule has 0 bridgehead atoms. The lowest BCUT2D eigenvalue weighted by molar-refractivity contribution is -0.615. The summed E-state index contributed by atoms with van der Waals surface area (Å²) in [5, 5.41) is 28.3. The molecular formula is C25H19ClF4N8O2. The van der Waals surface area contributed by atoms with Crippen LogP contribution in [0.1, 0.15) is 28.0 Å². The van der Waals surface area contributed by atoms with Crippen molar-refractivity contribution in [3.8, 4) is 27.9 Å². The summed E-state index contributed by atoms with van der Waals surface area (Å²) in [5.41, 5.74) is -0.308. The van der Waals surface area contributed by atoms with Crippen LogP contribution in [0.5, 0.6) is 0 Å². The number of hydrogen-bond donors (Lipinski definition) is 0. The molecule has 0 amide bonds. The van der Waals surface area contributed by atoms with E-state index >= 15 is 4.39 Å². The van der Waals surface area contributed by atoms with E-state index in [0.717, 1.165) is 18.5 Å². The smallest absolute Gasteiger partial charge is 0.433 e. The van der Waals surface area contributed by atoms with Crippen molar-refractivity contribution in [2.24, 2.45) is 0 Å². The Kier molecular flexibility index (Phi) is 6.44. The molecule has 1 atom stereocenters. The van der Waals surface area contributed by atoms with Crippen molar-refractivity contribution in [1.29, 1.82) is 0 Å². The number of alkyl halides is 3. The van der Waals surface area contributed by atoms with E-state index in [4.69, 9.17) is 20.5 Å². The Morgan fingerprint density at radius 3 is 2.75 bits per heavy atom. The Hall–Kier alpha value is -4.43. The van der Waals surface area contributed by atoms with Crippen LogP contribution < -0.4 is 4.73 Å². The predicted octanol–water partition coefficient (Wildman–Crippen LogP) is 4.66. The normalized spacial score (nSPS) is 14.0. The Labute approximate surface area is 233 Å². The van der Waals surface area contributed by atoms with Gasteiger partial charge in [0.15, 0.2) is 12.0 Å². The molecule has 40 heavy (non-hydrogen) atoms. The standard InChI is InChI=1S/C25H19ClF4N8O2/c1-40-9-7-19(36-12-17(11-33-36)15-6-8-31-22(10-15)25(28,29)30)20-4-2-16(13-38(20)39)23-21(37-14-32-34-35-37)5-3-18(26)24(23)27/h2-6,8,10-14,19H,7,9H2,1H3/t19-/m1/s1/i1D3. The molecule has 0 saturated heterocycles. The summed E-state index contributed by atoms with van der Waals surface area (Å²) < 4.78 is 84.7. The molecule has 206 valence electrons. The topological polar surface area (TPSA) is 110 Å². The summed E-state index contributed by atoms with van der Waals surface area (Å²) in [6, 6.07) is 6.92. The molecule has 0 aliphatic rings. The molecule has 10 nitrogen and oxygen atoms in total. The molecule has 0 fully saturated rings. The van der Waals surface area contributed by atoms with Gasteiger partial charge in [-0.25, -0.2) is 4.39 Å². The van der Waals surface area contributed by atoms with Crippen molar-refractivity contribution >= 4 is 11.6 Å². The van der Waals surface area contributed by atoms with Crippen molar-refractivity contribution in [3.05, 3.63) is 94.9 Å². The molecule has 0 spiro atoms. The van der Waals surface area contributed by atoms with Gasteiger partial charge in [-0.1, -0.05) is 11.6 Å². The first-order valence-corrected chi connectivity index (χ1v) is 11.9. The van der Waals surface area contributed by atoms with Crippen LogP contribution >= 0.6 is 11.6 Å². The average Bonchev–Trinajstić information content (AvgIpc) is 3.65. The Bertz CT molecular complexity index is 1750. The molecule has 0 radical (unpaired) electrons. The molecule has 0 unspecified atom stereocenters. The number of rotatable bonds is 8. The largest absolute Gasteiger partial charge is 0.618 e. The summed E-state index contributed by atoms with van der Waals surface area (Å²) in [6.45, 7) is -0.321. The molecule has 15 heteroatoms. The van der Waals surface area contributed by atoms with Gasteiger partial charge in [-0.3, -0.25) is 9.67 Å². The summed E-state index contributed by atoms with van der Waals surface area (Å²) in [4.78, 5) is 3.35. The molecule has 5 aromatic rings. The molecule has 0 saturated carbocycles. The van der Waals surface area contributed by atoms with E-state index in [0.29, 0.717) is 4.73 Å². The third kappa shape index (κ3) is 5.35. The van der Waals surface area contributed by atoms with Gasteiger partial charge in [0.2, 0.25) is 5.69 Å². The van der Waals surface area contributed by atoms with Crippen LogP contribution in [0.25, 0.3) is 27.9 Å². The fraction of sp³-hybridized carbons (Fsp3) is 0.200. The van der Waals surface area contributed by atoms with Crippen molar-refractivity contribution in [3.63, 3.8) is 0 Å². The number of hydrogen-bond acceptors (Lipinski definition) is 7. The first-order valence-electron chi connectivity index (χ1n) is 13.0. The maximum atomic E-state index is 15.3. The Balaban J connectivity index is 1.54. The van der Waals surface area contributed by atoms with Crippen LogP contribution in [0, 0.1) is 11.0 Å². The van der Waals surface area contributed by atoms with Crippen LogP contribution in [-0.4, -0.2) is 48.6 Å². The predicted molar refractivity (Wildman–Crippen MR) is 134 cm³/mol. The minimum Gasteiger partial charge on any atom is -0.618 e. The highest BCUT2D eigenvalue weighted by Gasteiger charge is 2.33. The van der Waals surface area contributed by atoms with Crippen molar-refractivity contribution < 1.29 is 31.1 Å². The number of ether oxygens (including phenoxy) is 1. The number of pyridine rings is 2. The molecule has 0 aliphatic heterocycles. The second-order valence-electron chi connectivity index (χ2n) is 8.47. The zero-order valence-electron chi connectivity index (χ0n) is 23.1. The van der Waals surface area contributed by atoms with Crippen LogP contribution in [0.4, 0.5) is 17.6 Å². The number of nitrogens with zero attached hydrogens (tertiary/aromatic N) is 8. The first kappa shape index (κ1) is 23.5. The van der Waals surface area contributed by atoms with Gasteiger partial charge in [-0.05, 0) is 46.3 Å². The fourth-order valence-corrected chi connectivity index (χ4v) is 4.34. The van der Waals surface area contributed by atoms with Gasteiger partial charge < -0.3 is 9.94 Å². The zero-order chi connectivity index (χ0) is 30.9. The van der Waals surface area contributed by atoms with Gasteiger partial charge in [-0.2, -0.15) is 27.7 Å². The molecule has 4 aromatic heterocycles. The third-order valence-electron chi connectivity index (χ3n) is 6.04. The van der Waals surface area contributed by atoms with Crippen LogP contribution in [0.15, 0.2) is 67.5 Å². The van der Waals surface area contributed by atoms with Crippen molar-refractivity contribution in [2.75, 3.05) is 13.6 Å². The van der Waals surface area contributed by atoms with E-state index in [1.165, 1.54) is 58.4 Å². The van der Waals surface area contributed by atoms with Crippen molar-refractivity contribution in [2.45, 2.75) is 18.6 Å². The van der Waals surface area contributed by atoms with Crippen molar-refractivity contribution in [1.82, 2.24) is 35.0 Å². The first-order chi connectivity index (χ1) is 20.3. The van der Waals surface area contributed by atoms with E-state index in [9.17, 15) is 18.4 Å². The monoisotopic (exact) mass is 577 g/mol. The van der Waals surface area contributed by atoms with Gasteiger partial charge in [0.25, 0.3) is 0 Å². The highest BCUT2D eigenvalue weighted by atomic mass is 35.5. The van der Waals surface area contributed by atoms with E-state index in [1.807, 2.05) is 0 Å². The van der Waals surface area contributed by atoms with Crippen LogP contribution in [0.3, 0.4) is 0 Å². The van der Waals surface area contributed by atoms with Gasteiger partial charge >= 0.3 is 6.18 Å². The SMILES string of the molecule is [2H]C([2H])([2H])OCC[C@H](c1ccc(-c2c(-n3cnnn3)ccc(Cl)c2F)c[n+]1[O-])n1cc(-c2ccnc(C(F)(F)F)c2)cn1. The number of aromatic nitrogens is 8. The van der Waals surface area contributed by atoms with E-state index in [2.05, 4.69) is 25.6 Å². The summed E-state index contributed by atoms with van der Waals surface area (Å²) in [5.74, 6) is -0.822. The molecule has 0 N–H and O–H groups in total. The van der Waals surface area contributed by atoms with Crippen LogP contribution in [0.2, 0.25) is 5.02 Å². The lowest BCUT2D eigenvalue weighted by Gasteiger charge is -2.18. The Morgan fingerprint density at radius 2 is 2.02 bits per heavy atom. The van der Waals surface area contributed by atoms with Crippen LogP contribution in [-0.2, 0) is 10.9 Å². The second-order valence-corrected chi connectivity index (χ2v) is 8.87. The quantitative estimate of drug-likeness (QED) is 0.150. The lowest BCUT2D eigenvalue weighted by Crippen LogP contribution is -2.36. The van der Waals surface area contributed by atoms with Gasteiger partial charge in [0, 0.05) is 44.1 Å². The number of tetrazole rings is 1. The van der Waals surface area contributed by atoms with E-state index < -0.39 is 30.8 Å². The third-order valence-corrected chi connectivity index (χ3v) is 6.33. The van der Waals surface area contributed by atoms with Gasteiger partial charge in [-0.15, -0.1) is 5.10 Å². The number of methoxy groups -OCH3 is 1. The highest BCUT2D eigenvalue weighted by molar-refractivity contribution is 6.31. The maximum Gasteiger partial charge on any atom is 0.433 e. The summed E-state index contributed by atoms with van der Waals surface area (Å²) in [7, 11) is -2.71. The summed E-state index contributed by atoms with van der Waals surface area (Å²) in [6.07, 6.45) is 1.34. The number of halogens is 5. The van der Waals surface area contributed by atoms with E-state index in [1.54, 1.807) is 0 Å². The molecular weight excluding hydrogens is 556 g/mol. The minimum atomic E-state index is -4.66. The second kappa shape index (κ2) is 11.0. The highest BCUT2D eigenvalue weighted by Crippen LogP contribution is 2.34. The lowest BCUT2D eigenvalue weighted by atomic mass is 10.0. The van der Waals surface area contributed by atoms with Gasteiger partial charge in [0.05, 0.1) is 32.1 Å². The molecule has 4 heterocycles.